The summed E-state index contributed by atoms with van der Waals surface area (Å²) < 4.78 is 0. The SMILES string of the molecule is CC(C)NC(=O)c1cc(NC(=O)c2ccc(N)cc2)ccn1. The molecule has 0 aliphatic rings. The van der Waals surface area contributed by atoms with Gasteiger partial charge >= 0.3 is 0 Å². The van der Waals surface area contributed by atoms with Crippen molar-refractivity contribution in [1.82, 2.24) is 10.3 Å². The number of benzene rings is 1. The number of nitrogens with one attached hydrogen (secondary N) is 2. The predicted octanol–water partition coefficient (Wildman–Crippen LogP) is 2.05. The molecular formula is C16H18N4O2. The van der Waals surface area contributed by atoms with Gasteiger partial charge in [-0.25, -0.2) is 0 Å². The van der Waals surface area contributed by atoms with Crippen molar-refractivity contribution in [3.63, 3.8) is 0 Å². The molecule has 114 valence electrons. The summed E-state index contributed by atoms with van der Waals surface area (Å²) in [5.74, 6) is -0.556. The number of pyridine rings is 1. The van der Waals surface area contributed by atoms with Gasteiger partial charge in [-0.15, -0.1) is 0 Å². The summed E-state index contributed by atoms with van der Waals surface area (Å²) in [6.45, 7) is 3.73. The number of carbonyl (C=O) groups is 2. The molecule has 0 aliphatic carbocycles. The van der Waals surface area contributed by atoms with Crippen LogP contribution in [0.25, 0.3) is 0 Å². The number of hydrogen-bond acceptors (Lipinski definition) is 4. The Labute approximate surface area is 128 Å². The van der Waals surface area contributed by atoms with Crippen LogP contribution in [0.1, 0.15) is 34.7 Å². The van der Waals surface area contributed by atoms with Gasteiger partial charge in [0, 0.05) is 29.2 Å². The third kappa shape index (κ3) is 4.05. The minimum absolute atomic E-state index is 0.0160. The van der Waals surface area contributed by atoms with E-state index in [0.717, 1.165) is 0 Å². The van der Waals surface area contributed by atoms with E-state index in [9.17, 15) is 9.59 Å². The van der Waals surface area contributed by atoms with Gasteiger partial charge in [-0.05, 0) is 50.2 Å². The molecule has 0 fully saturated rings. The standard InChI is InChI=1S/C16H18N4O2/c1-10(2)19-16(22)14-9-13(7-8-18-14)20-15(21)11-3-5-12(17)6-4-11/h3-10H,17H2,1-2H3,(H,19,22)(H,18,20,21). The molecule has 4 N–H and O–H groups in total. The van der Waals surface area contributed by atoms with Crippen LogP contribution in [-0.4, -0.2) is 22.8 Å². The minimum Gasteiger partial charge on any atom is -0.399 e. The highest BCUT2D eigenvalue weighted by Gasteiger charge is 2.11. The first-order valence-corrected chi connectivity index (χ1v) is 6.89. The Balaban J connectivity index is 2.11. The fourth-order valence-electron chi connectivity index (χ4n) is 1.81. The smallest absolute Gasteiger partial charge is 0.270 e. The molecule has 1 aromatic carbocycles. The Morgan fingerprint density at radius 2 is 1.77 bits per heavy atom. The number of nitrogens with zero attached hydrogens (tertiary/aromatic N) is 1. The van der Waals surface area contributed by atoms with Crippen LogP contribution in [0, 0.1) is 0 Å². The summed E-state index contributed by atoms with van der Waals surface area (Å²) in [6, 6.07) is 9.76. The molecule has 1 aromatic heterocycles. The number of hydrogen-bond donors (Lipinski definition) is 3. The van der Waals surface area contributed by atoms with E-state index >= 15 is 0 Å². The van der Waals surface area contributed by atoms with E-state index in [1.807, 2.05) is 13.8 Å². The maximum atomic E-state index is 12.1. The molecule has 0 atom stereocenters. The largest absolute Gasteiger partial charge is 0.399 e. The summed E-state index contributed by atoms with van der Waals surface area (Å²) in [4.78, 5) is 28.0. The predicted molar refractivity (Wildman–Crippen MR) is 85.6 cm³/mol. The van der Waals surface area contributed by atoms with Crippen LogP contribution in [0.2, 0.25) is 0 Å². The summed E-state index contributed by atoms with van der Waals surface area (Å²) in [7, 11) is 0. The third-order valence-electron chi connectivity index (χ3n) is 2.84. The molecule has 0 saturated heterocycles. The Morgan fingerprint density at radius 1 is 1.09 bits per heavy atom. The maximum absolute atomic E-state index is 12.1. The lowest BCUT2D eigenvalue weighted by molar-refractivity contribution is 0.0937. The van der Waals surface area contributed by atoms with Gasteiger partial charge in [0.15, 0.2) is 0 Å². The van der Waals surface area contributed by atoms with Crippen LogP contribution < -0.4 is 16.4 Å². The lowest BCUT2D eigenvalue weighted by atomic mass is 10.2. The van der Waals surface area contributed by atoms with Crippen molar-refractivity contribution in [3.05, 3.63) is 53.9 Å². The van der Waals surface area contributed by atoms with Gasteiger partial charge < -0.3 is 16.4 Å². The number of nitrogen functional groups attached to an aromatic ring is 1. The number of anilines is 2. The van der Waals surface area contributed by atoms with Crippen molar-refractivity contribution in [2.45, 2.75) is 19.9 Å². The molecule has 0 saturated carbocycles. The van der Waals surface area contributed by atoms with Crippen molar-refractivity contribution in [1.29, 1.82) is 0 Å². The highest BCUT2D eigenvalue weighted by molar-refractivity contribution is 6.05. The van der Waals surface area contributed by atoms with Crippen LogP contribution in [0.3, 0.4) is 0 Å². The average Bonchev–Trinajstić information content (AvgIpc) is 2.47. The van der Waals surface area contributed by atoms with Crippen LogP contribution in [0.5, 0.6) is 0 Å². The molecule has 2 amide bonds. The van der Waals surface area contributed by atoms with E-state index in [-0.39, 0.29) is 23.6 Å². The fraction of sp³-hybridized carbons (Fsp3) is 0.188. The Kier molecular flexibility index (Phi) is 4.73. The van der Waals surface area contributed by atoms with Crippen molar-refractivity contribution < 1.29 is 9.59 Å². The van der Waals surface area contributed by atoms with E-state index in [1.54, 1.807) is 30.3 Å². The summed E-state index contributed by atoms with van der Waals surface area (Å²) >= 11 is 0. The van der Waals surface area contributed by atoms with Crippen molar-refractivity contribution >= 4 is 23.2 Å². The molecular weight excluding hydrogens is 280 g/mol. The topological polar surface area (TPSA) is 97.1 Å². The zero-order valence-corrected chi connectivity index (χ0v) is 12.5. The zero-order valence-electron chi connectivity index (χ0n) is 12.5. The number of aromatic nitrogens is 1. The second kappa shape index (κ2) is 6.71. The van der Waals surface area contributed by atoms with Crippen LogP contribution in [-0.2, 0) is 0 Å². The lowest BCUT2D eigenvalue weighted by Gasteiger charge is -2.09. The first-order chi connectivity index (χ1) is 10.5. The van der Waals surface area contributed by atoms with Crippen molar-refractivity contribution in [2.75, 3.05) is 11.1 Å². The Morgan fingerprint density at radius 3 is 2.41 bits per heavy atom. The zero-order chi connectivity index (χ0) is 16.1. The number of amides is 2. The molecule has 6 heteroatoms. The second-order valence-electron chi connectivity index (χ2n) is 5.13. The van der Waals surface area contributed by atoms with Gasteiger partial charge in [0.05, 0.1) is 0 Å². The first-order valence-electron chi connectivity index (χ1n) is 6.89. The van der Waals surface area contributed by atoms with E-state index in [2.05, 4.69) is 15.6 Å². The maximum Gasteiger partial charge on any atom is 0.270 e. The van der Waals surface area contributed by atoms with E-state index in [4.69, 9.17) is 5.73 Å². The number of rotatable bonds is 4. The highest BCUT2D eigenvalue weighted by atomic mass is 16.2. The van der Waals surface area contributed by atoms with Gasteiger partial charge in [0.1, 0.15) is 5.69 Å². The van der Waals surface area contributed by atoms with Crippen LogP contribution >= 0.6 is 0 Å². The first kappa shape index (κ1) is 15.5. The monoisotopic (exact) mass is 298 g/mol. The highest BCUT2D eigenvalue weighted by Crippen LogP contribution is 2.12. The molecule has 2 aromatic rings. The van der Waals surface area contributed by atoms with E-state index in [1.165, 1.54) is 12.3 Å². The molecule has 0 radical (unpaired) electrons. The van der Waals surface area contributed by atoms with E-state index in [0.29, 0.717) is 16.9 Å². The van der Waals surface area contributed by atoms with Crippen molar-refractivity contribution in [3.8, 4) is 0 Å². The van der Waals surface area contributed by atoms with Gasteiger partial charge in [0.25, 0.3) is 11.8 Å². The normalized spacial score (nSPS) is 10.3. The number of carbonyl (C=O) groups excluding carboxylic acids is 2. The summed E-state index contributed by atoms with van der Waals surface area (Å²) in [6.07, 6.45) is 1.48. The minimum atomic E-state index is -0.279. The van der Waals surface area contributed by atoms with Crippen LogP contribution in [0.15, 0.2) is 42.6 Å². The van der Waals surface area contributed by atoms with Crippen molar-refractivity contribution in [2.24, 2.45) is 0 Å². The Bertz CT molecular complexity index is 681. The van der Waals surface area contributed by atoms with Gasteiger partial charge in [0.2, 0.25) is 0 Å². The Hall–Kier alpha value is -2.89. The van der Waals surface area contributed by atoms with Gasteiger partial charge in [-0.3, -0.25) is 14.6 Å². The second-order valence-corrected chi connectivity index (χ2v) is 5.13. The third-order valence-corrected chi connectivity index (χ3v) is 2.84. The summed E-state index contributed by atoms with van der Waals surface area (Å²) in [5.41, 5.74) is 7.42. The molecule has 0 unspecified atom stereocenters. The fourth-order valence-corrected chi connectivity index (χ4v) is 1.81. The summed E-state index contributed by atoms with van der Waals surface area (Å²) in [5, 5.41) is 5.48. The molecule has 1 heterocycles. The van der Waals surface area contributed by atoms with Gasteiger partial charge in [-0.1, -0.05) is 0 Å². The quantitative estimate of drug-likeness (QED) is 0.753. The average molecular weight is 298 g/mol. The number of nitrogens with two attached hydrogens (primary N) is 1. The molecule has 2 rings (SSSR count). The molecule has 0 spiro atoms. The molecule has 0 aliphatic heterocycles. The lowest BCUT2D eigenvalue weighted by Crippen LogP contribution is -2.30. The van der Waals surface area contributed by atoms with E-state index < -0.39 is 0 Å². The van der Waals surface area contributed by atoms with Crippen LogP contribution in [0.4, 0.5) is 11.4 Å². The molecule has 6 nitrogen and oxygen atoms in total. The van der Waals surface area contributed by atoms with Gasteiger partial charge in [-0.2, -0.15) is 0 Å². The molecule has 0 bridgehead atoms. The molecule has 22 heavy (non-hydrogen) atoms.